The molecule has 0 N–H and O–H groups in total. The molecule has 2 aromatic carbocycles. The van der Waals surface area contributed by atoms with Gasteiger partial charge in [0.25, 0.3) is 5.69 Å². The normalized spacial score (nSPS) is 11.0. The lowest BCUT2D eigenvalue weighted by Crippen LogP contribution is -2.34. The van der Waals surface area contributed by atoms with E-state index >= 15 is 0 Å². The number of hydrogen-bond donors (Lipinski definition) is 0. The number of carbonyl (C=O) groups excluding carboxylic acids is 1. The van der Waals surface area contributed by atoms with Gasteiger partial charge in [-0.1, -0.05) is 0 Å². The molecule has 2 aromatic rings. The van der Waals surface area contributed by atoms with E-state index in [9.17, 15) is 23.3 Å². The lowest BCUT2D eigenvalue weighted by Gasteiger charge is -2.16. The molecule has 0 spiro atoms. The van der Waals surface area contributed by atoms with Crippen LogP contribution in [0.15, 0.2) is 47.4 Å². The molecular weight excluding hydrogens is 374 g/mol. The Labute approximate surface area is 155 Å². The number of nitriles is 1. The van der Waals surface area contributed by atoms with Gasteiger partial charge in [-0.25, -0.2) is 8.42 Å². The van der Waals surface area contributed by atoms with E-state index in [0.29, 0.717) is 11.1 Å². The first-order valence-corrected chi connectivity index (χ1v) is 9.01. The van der Waals surface area contributed by atoms with Crippen LogP contribution in [-0.2, 0) is 14.8 Å². The number of likely N-dealkylation sites (N-methyl/N-ethyl adjacent to an activating group) is 1. The van der Waals surface area contributed by atoms with Crippen LogP contribution in [-0.4, -0.2) is 37.2 Å². The second-order valence-corrected chi connectivity index (χ2v) is 7.62. The molecule has 0 saturated heterocycles. The van der Waals surface area contributed by atoms with Crippen molar-refractivity contribution in [3.8, 4) is 11.8 Å². The fourth-order valence-corrected chi connectivity index (χ4v) is 3.32. The minimum absolute atomic E-state index is 0.0667. The van der Waals surface area contributed by atoms with Crippen LogP contribution >= 0.6 is 0 Å². The van der Waals surface area contributed by atoms with E-state index in [1.807, 2.05) is 6.07 Å². The van der Waals surface area contributed by atoms with Crippen LogP contribution in [0.4, 0.5) is 5.69 Å². The lowest BCUT2D eigenvalue weighted by molar-refractivity contribution is -0.385. The van der Waals surface area contributed by atoms with E-state index in [1.54, 1.807) is 0 Å². The molecule has 0 bridgehead atoms. The topological polar surface area (TPSA) is 131 Å². The number of rotatable bonds is 6. The quantitative estimate of drug-likeness (QED) is 0.319. The molecule has 0 heterocycles. The van der Waals surface area contributed by atoms with Crippen molar-refractivity contribution < 1.29 is 22.9 Å². The number of carbonyl (C=O) groups is 1. The number of nitrogens with zero attached hydrogens (tertiary/aromatic N) is 3. The van der Waals surface area contributed by atoms with E-state index in [2.05, 4.69) is 0 Å². The van der Waals surface area contributed by atoms with E-state index in [1.165, 1.54) is 56.4 Å². The summed E-state index contributed by atoms with van der Waals surface area (Å²) in [5.74, 6) is -0.768. The Kier molecular flexibility index (Phi) is 5.89. The minimum atomic E-state index is -3.94. The molecule has 0 radical (unpaired) electrons. The molecule has 0 aliphatic rings. The van der Waals surface area contributed by atoms with Crippen LogP contribution in [0.5, 0.6) is 5.75 Å². The second kappa shape index (κ2) is 7.94. The number of nitro benzene ring substituents is 1. The van der Waals surface area contributed by atoms with Gasteiger partial charge >= 0.3 is 5.97 Å². The average Bonchev–Trinajstić information content (AvgIpc) is 2.61. The molecule has 0 saturated carbocycles. The molecule has 0 aliphatic carbocycles. The van der Waals surface area contributed by atoms with Crippen molar-refractivity contribution in [3.05, 3.63) is 63.7 Å². The van der Waals surface area contributed by atoms with Crippen molar-refractivity contribution in [2.75, 3.05) is 13.6 Å². The van der Waals surface area contributed by atoms with Gasteiger partial charge in [-0.3, -0.25) is 14.9 Å². The SMILES string of the molecule is Cc1cc(OC(=O)CN(C)S(=O)(=O)c2ccc(C#N)cc2)ccc1[N+](=O)[O-]. The number of hydrogen-bond acceptors (Lipinski definition) is 7. The number of esters is 1. The van der Waals surface area contributed by atoms with Crippen molar-refractivity contribution in [2.24, 2.45) is 0 Å². The van der Waals surface area contributed by atoms with Crippen LogP contribution in [0, 0.1) is 28.4 Å². The Bertz CT molecular complexity index is 1030. The summed E-state index contributed by atoms with van der Waals surface area (Å²) in [7, 11) is -2.73. The summed E-state index contributed by atoms with van der Waals surface area (Å²) in [6, 6.07) is 10.9. The third kappa shape index (κ3) is 4.66. The molecule has 0 unspecified atom stereocenters. The fourth-order valence-electron chi connectivity index (χ4n) is 2.21. The largest absolute Gasteiger partial charge is 0.426 e. The summed E-state index contributed by atoms with van der Waals surface area (Å²) in [5.41, 5.74) is 0.503. The second-order valence-electron chi connectivity index (χ2n) is 5.58. The van der Waals surface area contributed by atoms with Gasteiger partial charge in [0.1, 0.15) is 12.3 Å². The Balaban J connectivity index is 2.09. The van der Waals surface area contributed by atoms with Gasteiger partial charge in [0.15, 0.2) is 0 Å². The van der Waals surface area contributed by atoms with Crippen molar-refractivity contribution in [3.63, 3.8) is 0 Å². The molecule has 9 nitrogen and oxygen atoms in total. The highest BCUT2D eigenvalue weighted by molar-refractivity contribution is 7.89. The van der Waals surface area contributed by atoms with Crippen molar-refractivity contribution in [1.29, 1.82) is 5.26 Å². The van der Waals surface area contributed by atoms with Gasteiger partial charge in [0, 0.05) is 18.7 Å². The number of aryl methyl sites for hydroxylation is 1. The summed E-state index contributed by atoms with van der Waals surface area (Å²) < 4.78 is 30.8. The molecule has 10 heteroatoms. The first-order valence-electron chi connectivity index (χ1n) is 7.57. The molecule has 0 aliphatic heterocycles. The van der Waals surface area contributed by atoms with Crippen LogP contribution in [0.1, 0.15) is 11.1 Å². The van der Waals surface area contributed by atoms with Crippen molar-refractivity contribution in [1.82, 2.24) is 4.31 Å². The van der Waals surface area contributed by atoms with Gasteiger partial charge < -0.3 is 4.74 Å². The summed E-state index contributed by atoms with van der Waals surface area (Å²) in [6.45, 7) is 0.940. The van der Waals surface area contributed by atoms with Gasteiger partial charge in [0.05, 0.1) is 21.5 Å². The summed E-state index contributed by atoms with van der Waals surface area (Å²) in [4.78, 5) is 22.2. The van der Waals surface area contributed by atoms with Crippen LogP contribution < -0.4 is 4.74 Å². The summed E-state index contributed by atoms with van der Waals surface area (Å²) in [6.07, 6.45) is 0. The monoisotopic (exact) mass is 389 g/mol. The Morgan fingerprint density at radius 1 is 1.26 bits per heavy atom. The van der Waals surface area contributed by atoms with E-state index in [4.69, 9.17) is 10.00 Å². The smallest absolute Gasteiger partial charge is 0.326 e. The predicted molar refractivity (Wildman–Crippen MR) is 94.4 cm³/mol. The number of sulfonamides is 1. The van der Waals surface area contributed by atoms with Gasteiger partial charge in [0.2, 0.25) is 10.0 Å². The zero-order valence-corrected chi connectivity index (χ0v) is 15.3. The molecule has 27 heavy (non-hydrogen) atoms. The highest BCUT2D eigenvalue weighted by Crippen LogP contribution is 2.23. The Morgan fingerprint density at radius 3 is 2.41 bits per heavy atom. The molecule has 0 amide bonds. The Hall–Kier alpha value is -3.29. The summed E-state index contributed by atoms with van der Waals surface area (Å²) >= 11 is 0. The van der Waals surface area contributed by atoms with Crippen LogP contribution in [0.3, 0.4) is 0 Å². The maximum atomic E-state index is 12.5. The molecule has 0 atom stereocenters. The van der Waals surface area contributed by atoms with Crippen molar-refractivity contribution >= 4 is 21.7 Å². The van der Waals surface area contributed by atoms with E-state index in [-0.39, 0.29) is 16.3 Å². The van der Waals surface area contributed by atoms with Crippen molar-refractivity contribution in [2.45, 2.75) is 11.8 Å². The zero-order valence-electron chi connectivity index (χ0n) is 14.4. The highest BCUT2D eigenvalue weighted by Gasteiger charge is 2.24. The Morgan fingerprint density at radius 2 is 1.89 bits per heavy atom. The first kappa shape index (κ1) is 20.0. The lowest BCUT2D eigenvalue weighted by atomic mass is 10.2. The number of nitro groups is 1. The summed E-state index contributed by atoms with van der Waals surface area (Å²) in [5, 5.41) is 19.6. The molecule has 2 rings (SSSR count). The molecule has 0 aromatic heterocycles. The molecule has 140 valence electrons. The third-order valence-electron chi connectivity index (χ3n) is 3.64. The van der Waals surface area contributed by atoms with Gasteiger partial charge in [-0.2, -0.15) is 9.57 Å². The highest BCUT2D eigenvalue weighted by atomic mass is 32.2. The van der Waals surface area contributed by atoms with E-state index < -0.39 is 27.5 Å². The van der Waals surface area contributed by atoms with Crippen LogP contribution in [0.25, 0.3) is 0 Å². The molecular formula is C17H15N3O6S. The van der Waals surface area contributed by atoms with E-state index in [0.717, 1.165) is 4.31 Å². The maximum absolute atomic E-state index is 12.5. The maximum Gasteiger partial charge on any atom is 0.326 e. The zero-order chi connectivity index (χ0) is 20.2. The molecule has 0 fully saturated rings. The minimum Gasteiger partial charge on any atom is -0.426 e. The fraction of sp³-hybridized carbons (Fsp3) is 0.176. The van der Waals surface area contributed by atoms with Gasteiger partial charge in [-0.05, 0) is 43.3 Å². The number of ether oxygens (including phenoxy) is 1. The third-order valence-corrected chi connectivity index (χ3v) is 5.46. The first-order chi connectivity index (χ1) is 12.6. The number of benzene rings is 2. The van der Waals surface area contributed by atoms with Crippen LogP contribution in [0.2, 0.25) is 0 Å². The standard InChI is InChI=1S/C17H15N3O6S/c1-12-9-14(5-8-16(12)20(22)23)26-17(21)11-19(2)27(24,25)15-6-3-13(10-18)4-7-15/h3-9H,11H2,1-2H3. The van der Waals surface area contributed by atoms with Gasteiger partial charge in [-0.15, -0.1) is 0 Å². The predicted octanol–water partition coefficient (Wildman–Crippen LogP) is 2.00. The average molecular weight is 389 g/mol.